The molecule has 152 valence electrons. The van der Waals surface area contributed by atoms with Crippen LogP contribution in [0.2, 0.25) is 0 Å². The Labute approximate surface area is 165 Å². The van der Waals surface area contributed by atoms with Crippen molar-refractivity contribution in [1.29, 1.82) is 0 Å². The summed E-state index contributed by atoms with van der Waals surface area (Å²) < 4.78 is 39.4. The Morgan fingerprint density at radius 3 is 2.36 bits per heavy atom. The van der Waals surface area contributed by atoms with Crippen LogP contribution in [-0.4, -0.2) is 61.9 Å². The molecule has 1 saturated heterocycles. The van der Waals surface area contributed by atoms with Crippen LogP contribution in [0.1, 0.15) is 18.3 Å². The Hall–Kier alpha value is -2.07. The van der Waals surface area contributed by atoms with Crippen LogP contribution in [0.5, 0.6) is 0 Å². The highest BCUT2D eigenvalue weighted by Gasteiger charge is 2.38. The zero-order chi connectivity index (χ0) is 20.3. The van der Waals surface area contributed by atoms with Crippen LogP contribution >= 0.6 is 11.8 Å². The molecule has 1 aliphatic heterocycles. The van der Waals surface area contributed by atoms with Crippen LogP contribution in [0.25, 0.3) is 0 Å². The van der Waals surface area contributed by atoms with Crippen molar-refractivity contribution in [2.45, 2.75) is 30.1 Å². The first-order chi connectivity index (χ1) is 13.3. The van der Waals surface area contributed by atoms with Gasteiger partial charge >= 0.3 is 6.18 Å². The van der Waals surface area contributed by atoms with Gasteiger partial charge in [0.15, 0.2) is 5.16 Å². The fourth-order valence-corrected chi connectivity index (χ4v) is 4.00. The molecule has 0 bridgehead atoms. The first-order valence-corrected chi connectivity index (χ1v) is 9.82. The highest BCUT2D eigenvalue weighted by molar-refractivity contribution is 8.00. The second kappa shape index (κ2) is 8.52. The van der Waals surface area contributed by atoms with Crippen LogP contribution in [0, 0.1) is 0 Å². The maximum Gasteiger partial charge on any atom is 0.451 e. The summed E-state index contributed by atoms with van der Waals surface area (Å²) in [5.41, 5.74) is 1.23. The third-order valence-electron chi connectivity index (χ3n) is 4.65. The lowest BCUT2D eigenvalue weighted by molar-refractivity contribution is -0.147. The van der Waals surface area contributed by atoms with Crippen molar-refractivity contribution in [2.24, 2.45) is 7.05 Å². The number of amides is 1. The predicted octanol–water partition coefficient (Wildman–Crippen LogP) is 2.66. The molecule has 28 heavy (non-hydrogen) atoms. The van der Waals surface area contributed by atoms with Crippen LogP contribution in [0.4, 0.5) is 13.2 Å². The van der Waals surface area contributed by atoms with E-state index >= 15 is 0 Å². The van der Waals surface area contributed by atoms with E-state index in [0.717, 1.165) is 36.0 Å². The molecule has 1 amide bonds. The molecule has 1 fully saturated rings. The van der Waals surface area contributed by atoms with E-state index in [1.165, 1.54) is 12.6 Å². The molecular formula is C18H22F3N5OS. The fourth-order valence-electron chi connectivity index (χ4n) is 3.10. The molecule has 2 heterocycles. The topological polar surface area (TPSA) is 54.3 Å². The van der Waals surface area contributed by atoms with Gasteiger partial charge in [0, 0.05) is 39.8 Å². The average Bonchev–Trinajstić information content (AvgIpc) is 3.03. The van der Waals surface area contributed by atoms with E-state index in [-0.39, 0.29) is 11.1 Å². The van der Waals surface area contributed by atoms with Crippen molar-refractivity contribution in [1.82, 2.24) is 24.6 Å². The average molecular weight is 413 g/mol. The van der Waals surface area contributed by atoms with Crippen molar-refractivity contribution >= 4 is 17.7 Å². The van der Waals surface area contributed by atoms with Gasteiger partial charge in [-0.2, -0.15) is 13.2 Å². The van der Waals surface area contributed by atoms with Crippen molar-refractivity contribution in [3.63, 3.8) is 0 Å². The lowest BCUT2D eigenvalue weighted by Crippen LogP contribution is -2.50. The minimum atomic E-state index is -4.57. The molecule has 0 aliphatic carbocycles. The number of carbonyl (C=O) groups is 1. The summed E-state index contributed by atoms with van der Waals surface area (Å²) in [6.07, 6.45) is -4.57. The number of alkyl halides is 3. The van der Waals surface area contributed by atoms with Gasteiger partial charge in [0.25, 0.3) is 0 Å². The van der Waals surface area contributed by atoms with Crippen LogP contribution < -0.4 is 0 Å². The first-order valence-electron chi connectivity index (χ1n) is 8.94. The highest BCUT2D eigenvalue weighted by atomic mass is 32.2. The number of aromatic nitrogens is 3. The molecule has 10 heteroatoms. The van der Waals surface area contributed by atoms with Crippen molar-refractivity contribution in [2.75, 3.05) is 26.2 Å². The standard InChI is InChI=1S/C18H22F3N5OS/c1-13(28-17-23-22-16(24(17)2)18(19,20)21)15(27)26-10-8-25(9-11-26)12-14-6-4-3-5-7-14/h3-7,13H,8-12H2,1-2H3/t13-/m0/s1. The smallest absolute Gasteiger partial charge is 0.339 e. The SMILES string of the molecule is C[C@H](Sc1nnc(C(F)(F)F)n1C)C(=O)N1CCN(Cc2ccccc2)CC1. The molecule has 0 radical (unpaired) electrons. The molecule has 2 aromatic rings. The maximum atomic E-state index is 12.8. The highest BCUT2D eigenvalue weighted by Crippen LogP contribution is 2.31. The molecule has 0 saturated carbocycles. The molecule has 3 rings (SSSR count). The number of hydrogen-bond donors (Lipinski definition) is 0. The van der Waals surface area contributed by atoms with E-state index in [9.17, 15) is 18.0 Å². The number of halogens is 3. The summed E-state index contributed by atoms with van der Waals surface area (Å²) >= 11 is 0.997. The minimum absolute atomic E-state index is 0.0795. The molecule has 1 atom stereocenters. The quantitative estimate of drug-likeness (QED) is 0.706. The van der Waals surface area contributed by atoms with Crippen molar-refractivity contribution < 1.29 is 18.0 Å². The van der Waals surface area contributed by atoms with Crippen molar-refractivity contribution in [3.8, 4) is 0 Å². The minimum Gasteiger partial charge on any atom is -0.339 e. The molecule has 6 nitrogen and oxygen atoms in total. The normalized spacial score (nSPS) is 17.0. The van der Waals surface area contributed by atoms with Gasteiger partial charge in [0.05, 0.1) is 5.25 Å². The first kappa shape index (κ1) is 20.7. The Balaban J connectivity index is 1.53. The number of carbonyl (C=O) groups excluding carboxylic acids is 1. The lowest BCUT2D eigenvalue weighted by atomic mass is 10.2. The van der Waals surface area contributed by atoms with Gasteiger partial charge in [-0.25, -0.2) is 0 Å². The van der Waals surface area contributed by atoms with Crippen LogP contribution in [-0.2, 0) is 24.6 Å². The summed E-state index contributed by atoms with van der Waals surface area (Å²) in [5, 5.41) is 6.32. The van der Waals surface area contributed by atoms with E-state index in [1.807, 2.05) is 18.2 Å². The third kappa shape index (κ3) is 4.85. The molecular weight excluding hydrogens is 391 g/mol. The zero-order valence-corrected chi connectivity index (χ0v) is 16.5. The Morgan fingerprint density at radius 2 is 1.79 bits per heavy atom. The summed E-state index contributed by atoms with van der Waals surface area (Å²) in [5.74, 6) is -1.16. The van der Waals surface area contributed by atoms with Gasteiger partial charge in [0.2, 0.25) is 11.7 Å². The predicted molar refractivity (Wildman–Crippen MR) is 99.6 cm³/mol. The van der Waals surface area contributed by atoms with E-state index in [2.05, 4.69) is 27.2 Å². The number of nitrogens with zero attached hydrogens (tertiary/aromatic N) is 5. The van der Waals surface area contributed by atoms with Gasteiger partial charge in [-0.1, -0.05) is 42.1 Å². The van der Waals surface area contributed by atoms with Gasteiger partial charge < -0.3 is 9.47 Å². The summed E-state index contributed by atoms with van der Waals surface area (Å²) in [7, 11) is 1.25. The number of hydrogen-bond acceptors (Lipinski definition) is 5. The lowest BCUT2D eigenvalue weighted by Gasteiger charge is -2.35. The van der Waals surface area contributed by atoms with Gasteiger partial charge in [-0.05, 0) is 12.5 Å². The number of benzene rings is 1. The van der Waals surface area contributed by atoms with Crippen molar-refractivity contribution in [3.05, 3.63) is 41.7 Å². The molecule has 0 unspecified atom stereocenters. The molecule has 1 aromatic carbocycles. The van der Waals surface area contributed by atoms with E-state index in [1.54, 1.807) is 11.8 Å². The molecule has 1 aromatic heterocycles. The molecule has 0 spiro atoms. The zero-order valence-electron chi connectivity index (χ0n) is 15.7. The van der Waals surface area contributed by atoms with Crippen LogP contribution in [0.3, 0.4) is 0 Å². The van der Waals surface area contributed by atoms with E-state index in [4.69, 9.17) is 0 Å². The number of rotatable bonds is 5. The summed E-state index contributed by atoms with van der Waals surface area (Å²) in [4.78, 5) is 16.7. The summed E-state index contributed by atoms with van der Waals surface area (Å²) in [6.45, 7) is 5.25. The number of thioether (sulfide) groups is 1. The van der Waals surface area contributed by atoms with E-state index < -0.39 is 17.3 Å². The van der Waals surface area contributed by atoms with Gasteiger partial charge in [0.1, 0.15) is 0 Å². The Morgan fingerprint density at radius 1 is 1.14 bits per heavy atom. The largest absolute Gasteiger partial charge is 0.451 e. The molecule has 1 aliphatic rings. The third-order valence-corrected chi connectivity index (χ3v) is 5.77. The fraction of sp³-hybridized carbons (Fsp3) is 0.500. The van der Waals surface area contributed by atoms with Crippen LogP contribution in [0.15, 0.2) is 35.5 Å². The second-order valence-corrected chi connectivity index (χ2v) is 8.02. The Kier molecular flexibility index (Phi) is 6.29. The molecule has 0 N–H and O–H groups in total. The van der Waals surface area contributed by atoms with E-state index in [0.29, 0.717) is 13.1 Å². The monoisotopic (exact) mass is 413 g/mol. The Bertz CT molecular complexity index is 803. The van der Waals surface area contributed by atoms with Gasteiger partial charge in [-0.3, -0.25) is 9.69 Å². The summed E-state index contributed by atoms with van der Waals surface area (Å²) in [6, 6.07) is 10.1. The number of piperazine rings is 1. The van der Waals surface area contributed by atoms with Gasteiger partial charge in [-0.15, -0.1) is 10.2 Å². The second-order valence-electron chi connectivity index (χ2n) is 6.71. The maximum absolute atomic E-state index is 12.8.